The third-order valence-electron chi connectivity index (χ3n) is 5.36. The molecule has 0 aliphatic heterocycles. The van der Waals surface area contributed by atoms with Crippen molar-refractivity contribution in [1.29, 1.82) is 0 Å². The summed E-state index contributed by atoms with van der Waals surface area (Å²) in [6, 6.07) is 17.0. The fourth-order valence-corrected chi connectivity index (χ4v) is 5.84. The number of aryl methyl sites for hydroxylation is 3. The van der Waals surface area contributed by atoms with Crippen LogP contribution in [0.15, 0.2) is 65.6 Å². The molecule has 0 aliphatic rings. The van der Waals surface area contributed by atoms with E-state index in [0.29, 0.717) is 16.7 Å². The molecule has 170 valence electrons. The number of nitrogens with one attached hydrogen (secondary N) is 2. The number of aromatic nitrogens is 2. The Balaban J connectivity index is 1.68. The fraction of sp³-hybridized carbons (Fsp3) is 0.208. The Morgan fingerprint density at radius 1 is 0.970 bits per heavy atom. The van der Waals surface area contributed by atoms with E-state index < -0.39 is 22.0 Å². The first-order chi connectivity index (χ1) is 15.7. The molecule has 0 saturated carbocycles. The molecule has 9 heteroatoms. The molecule has 4 aromatic rings. The van der Waals surface area contributed by atoms with Crippen LogP contribution in [0, 0.1) is 20.8 Å². The van der Waals surface area contributed by atoms with E-state index in [1.807, 2.05) is 63.2 Å². The van der Waals surface area contributed by atoms with Crippen LogP contribution in [0.2, 0.25) is 0 Å². The standard InChI is InChI=1S/C24H24N4O3S2/c1-15-12-16(2)22(17(3)13-15)25-24(29)20(14-18-8-5-4-6-9-18)28-33(30,31)21-11-7-10-19-23(21)27-32-26-19/h4-13,20,28H,14H2,1-3H3,(H,25,29)/t20-/m0/s1. The van der Waals surface area contributed by atoms with Gasteiger partial charge in [0.2, 0.25) is 15.9 Å². The van der Waals surface area contributed by atoms with Gasteiger partial charge in [0, 0.05) is 5.69 Å². The van der Waals surface area contributed by atoms with Crippen LogP contribution >= 0.6 is 11.7 Å². The first-order valence-electron chi connectivity index (χ1n) is 10.4. The normalized spacial score (nSPS) is 12.6. The van der Waals surface area contributed by atoms with Crippen molar-refractivity contribution in [3.05, 3.63) is 82.9 Å². The summed E-state index contributed by atoms with van der Waals surface area (Å²) >= 11 is 0.946. The van der Waals surface area contributed by atoms with Crippen LogP contribution in [0.4, 0.5) is 5.69 Å². The molecule has 0 bridgehead atoms. The maximum absolute atomic E-state index is 13.4. The Morgan fingerprint density at radius 3 is 2.36 bits per heavy atom. The third kappa shape index (κ3) is 5.11. The van der Waals surface area contributed by atoms with Gasteiger partial charge in [-0.2, -0.15) is 13.5 Å². The molecule has 0 radical (unpaired) electrons. The minimum Gasteiger partial charge on any atom is -0.324 e. The molecule has 4 rings (SSSR count). The first-order valence-corrected chi connectivity index (χ1v) is 12.6. The van der Waals surface area contributed by atoms with E-state index in [1.54, 1.807) is 12.1 Å². The van der Waals surface area contributed by atoms with Gasteiger partial charge in [0.15, 0.2) is 0 Å². The van der Waals surface area contributed by atoms with Gasteiger partial charge in [-0.05, 0) is 56.0 Å². The van der Waals surface area contributed by atoms with Gasteiger partial charge < -0.3 is 5.32 Å². The summed E-state index contributed by atoms with van der Waals surface area (Å²) in [5.74, 6) is -0.430. The molecule has 0 saturated heterocycles. The van der Waals surface area contributed by atoms with Crippen molar-refractivity contribution in [2.75, 3.05) is 5.32 Å². The molecular weight excluding hydrogens is 456 g/mol. The monoisotopic (exact) mass is 480 g/mol. The van der Waals surface area contributed by atoms with Gasteiger partial charge in [0.25, 0.3) is 0 Å². The van der Waals surface area contributed by atoms with E-state index in [-0.39, 0.29) is 11.3 Å². The van der Waals surface area contributed by atoms with Gasteiger partial charge in [-0.15, -0.1) is 0 Å². The zero-order valence-electron chi connectivity index (χ0n) is 18.5. The van der Waals surface area contributed by atoms with Crippen LogP contribution in [-0.4, -0.2) is 29.1 Å². The van der Waals surface area contributed by atoms with E-state index in [4.69, 9.17) is 0 Å². The zero-order chi connectivity index (χ0) is 23.6. The van der Waals surface area contributed by atoms with Gasteiger partial charge in [-0.1, -0.05) is 54.1 Å². The molecule has 1 amide bonds. The number of fused-ring (bicyclic) bond motifs is 1. The number of rotatable bonds is 7. The van der Waals surface area contributed by atoms with Gasteiger partial charge in [0.05, 0.1) is 11.7 Å². The fourth-order valence-electron chi connectivity index (χ4n) is 3.87. The van der Waals surface area contributed by atoms with Crippen molar-refractivity contribution >= 4 is 44.4 Å². The maximum atomic E-state index is 13.4. The summed E-state index contributed by atoms with van der Waals surface area (Å²) in [4.78, 5) is 13.4. The molecule has 0 fully saturated rings. The van der Waals surface area contributed by atoms with Crippen LogP contribution in [0.3, 0.4) is 0 Å². The molecule has 7 nitrogen and oxygen atoms in total. The highest BCUT2D eigenvalue weighted by atomic mass is 32.2. The third-order valence-corrected chi connectivity index (χ3v) is 7.41. The second-order valence-corrected chi connectivity index (χ2v) is 10.2. The minimum atomic E-state index is -4.05. The zero-order valence-corrected chi connectivity index (χ0v) is 20.1. The topological polar surface area (TPSA) is 101 Å². The lowest BCUT2D eigenvalue weighted by Crippen LogP contribution is -2.45. The predicted octanol–water partition coefficient (Wildman–Crippen LogP) is 4.14. The van der Waals surface area contributed by atoms with Gasteiger partial charge in [-0.3, -0.25) is 4.79 Å². The van der Waals surface area contributed by atoms with Crippen LogP contribution in [0.1, 0.15) is 22.3 Å². The van der Waals surface area contributed by atoms with Crippen LogP contribution in [0.25, 0.3) is 11.0 Å². The smallest absolute Gasteiger partial charge is 0.243 e. The summed E-state index contributed by atoms with van der Waals surface area (Å²) < 4.78 is 37.5. The lowest BCUT2D eigenvalue weighted by molar-refractivity contribution is -0.117. The highest BCUT2D eigenvalue weighted by Crippen LogP contribution is 2.24. The number of amides is 1. The number of benzene rings is 3. The SMILES string of the molecule is Cc1cc(C)c(NC(=O)[C@H](Cc2ccccc2)NS(=O)(=O)c2cccc3nsnc23)c(C)c1. The summed E-state index contributed by atoms with van der Waals surface area (Å²) in [5, 5.41) is 2.94. The van der Waals surface area contributed by atoms with Crippen molar-refractivity contribution in [1.82, 2.24) is 13.5 Å². The van der Waals surface area contributed by atoms with Crippen molar-refractivity contribution in [3.63, 3.8) is 0 Å². The summed E-state index contributed by atoms with van der Waals surface area (Å²) in [5.41, 5.74) is 5.24. The number of hydrogen-bond donors (Lipinski definition) is 2. The highest BCUT2D eigenvalue weighted by molar-refractivity contribution is 7.89. The minimum absolute atomic E-state index is 0.00214. The molecule has 0 aliphatic carbocycles. The number of hydrogen-bond acceptors (Lipinski definition) is 6. The quantitative estimate of drug-likeness (QED) is 0.414. The van der Waals surface area contributed by atoms with Crippen molar-refractivity contribution in [3.8, 4) is 0 Å². The first kappa shape index (κ1) is 23.0. The van der Waals surface area contributed by atoms with Crippen molar-refractivity contribution in [2.45, 2.75) is 38.1 Å². The molecular formula is C24H24N4O3S2. The molecule has 0 spiro atoms. The molecule has 1 atom stereocenters. The van der Waals surface area contributed by atoms with Gasteiger partial charge in [0.1, 0.15) is 22.0 Å². The molecule has 33 heavy (non-hydrogen) atoms. The lowest BCUT2D eigenvalue weighted by atomic mass is 10.0. The summed E-state index contributed by atoms with van der Waals surface area (Å²) in [6.45, 7) is 5.83. The number of sulfonamides is 1. The Morgan fingerprint density at radius 2 is 1.67 bits per heavy atom. The largest absolute Gasteiger partial charge is 0.324 e. The second kappa shape index (κ2) is 9.38. The molecule has 2 N–H and O–H groups in total. The van der Waals surface area contributed by atoms with Crippen LogP contribution < -0.4 is 10.0 Å². The Bertz CT molecular complexity index is 1390. The van der Waals surface area contributed by atoms with Crippen molar-refractivity contribution in [2.24, 2.45) is 0 Å². The molecule has 0 unspecified atom stereocenters. The van der Waals surface area contributed by atoms with Crippen LogP contribution in [-0.2, 0) is 21.2 Å². The highest BCUT2D eigenvalue weighted by Gasteiger charge is 2.28. The lowest BCUT2D eigenvalue weighted by Gasteiger charge is -2.21. The van der Waals surface area contributed by atoms with E-state index in [9.17, 15) is 13.2 Å². The number of nitrogens with zero attached hydrogens (tertiary/aromatic N) is 2. The number of anilines is 1. The summed E-state index contributed by atoms with van der Waals surface area (Å²) in [6.07, 6.45) is 0.196. The summed E-state index contributed by atoms with van der Waals surface area (Å²) in [7, 11) is -4.05. The van der Waals surface area contributed by atoms with E-state index in [0.717, 1.165) is 34.0 Å². The Hall–Kier alpha value is -3.14. The average molecular weight is 481 g/mol. The Labute approximate surface area is 197 Å². The molecule has 1 aromatic heterocycles. The Kier molecular flexibility index (Phi) is 6.55. The van der Waals surface area contributed by atoms with Crippen LogP contribution in [0.5, 0.6) is 0 Å². The van der Waals surface area contributed by atoms with Gasteiger partial charge in [-0.25, -0.2) is 8.42 Å². The number of carbonyl (C=O) groups excluding carboxylic acids is 1. The van der Waals surface area contributed by atoms with E-state index >= 15 is 0 Å². The van der Waals surface area contributed by atoms with Gasteiger partial charge >= 0.3 is 0 Å². The molecule has 1 heterocycles. The number of carbonyl (C=O) groups is 1. The van der Waals surface area contributed by atoms with Crippen molar-refractivity contribution < 1.29 is 13.2 Å². The molecule has 3 aromatic carbocycles. The predicted molar refractivity (Wildman–Crippen MR) is 131 cm³/mol. The maximum Gasteiger partial charge on any atom is 0.243 e. The van der Waals surface area contributed by atoms with E-state index in [1.165, 1.54) is 6.07 Å². The second-order valence-electron chi connectivity index (χ2n) is 8.01. The van der Waals surface area contributed by atoms with E-state index in [2.05, 4.69) is 18.8 Å². The average Bonchev–Trinajstić information content (AvgIpc) is 3.25.